The summed E-state index contributed by atoms with van der Waals surface area (Å²) in [6.07, 6.45) is 0.639. The summed E-state index contributed by atoms with van der Waals surface area (Å²) in [6.45, 7) is 13.8. The molecule has 6 N–H and O–H groups in total. The van der Waals surface area contributed by atoms with E-state index in [-0.39, 0.29) is 54.9 Å². The highest BCUT2D eigenvalue weighted by Gasteiger charge is 2.43. The molecule has 15 heteroatoms. The number of carboxylic acids is 1. The van der Waals surface area contributed by atoms with Crippen LogP contribution in [0.1, 0.15) is 79.7 Å². The van der Waals surface area contributed by atoms with Gasteiger partial charge in [0.1, 0.15) is 12.1 Å². The molecule has 0 spiro atoms. The average molecular weight is 805 g/mol. The van der Waals surface area contributed by atoms with Crippen LogP contribution in [0.15, 0.2) is 30.3 Å². The van der Waals surface area contributed by atoms with Gasteiger partial charge in [0.25, 0.3) is 0 Å². The number of carboxylic acid groups (broad SMARTS) is 1. The lowest BCUT2D eigenvalue weighted by molar-refractivity contribution is -0.148. The Bertz CT molecular complexity index is 1430. The number of hydrogen-bond donors (Lipinski definition) is 5. The topological polar surface area (TPSA) is 204 Å². The average Bonchev–Trinajstić information content (AvgIpc) is 3.65. The zero-order chi connectivity index (χ0) is 43.1. The Hall–Kier alpha value is -3.63. The maximum atomic E-state index is 14.4. The first kappa shape index (κ1) is 49.5. The number of amides is 4. The molecule has 1 fully saturated rings. The van der Waals surface area contributed by atoms with Gasteiger partial charge < -0.3 is 45.9 Å². The van der Waals surface area contributed by atoms with Crippen molar-refractivity contribution in [3.63, 3.8) is 0 Å². The Morgan fingerprint density at radius 3 is 2.09 bits per heavy atom. The first-order chi connectivity index (χ1) is 26.8. The maximum Gasteiger partial charge on any atom is 0.326 e. The molecule has 4 amide bonds. The molecule has 1 aromatic carbocycles. The van der Waals surface area contributed by atoms with Crippen molar-refractivity contribution in [2.45, 2.75) is 129 Å². The van der Waals surface area contributed by atoms with Crippen molar-refractivity contribution in [1.82, 2.24) is 25.3 Å². The van der Waals surface area contributed by atoms with Gasteiger partial charge in [0, 0.05) is 46.8 Å². The van der Waals surface area contributed by atoms with Gasteiger partial charge in [0.2, 0.25) is 23.6 Å². The van der Waals surface area contributed by atoms with E-state index in [0.29, 0.717) is 32.4 Å². The minimum Gasteiger partial charge on any atom is -0.480 e. The molecular weight excluding hydrogens is 732 g/mol. The van der Waals surface area contributed by atoms with Gasteiger partial charge in [0.05, 0.1) is 49.3 Å². The molecule has 1 saturated heterocycles. The largest absolute Gasteiger partial charge is 0.480 e. The lowest BCUT2D eigenvalue weighted by Gasteiger charge is -2.41. The third-order valence-corrected chi connectivity index (χ3v) is 11.5. The molecule has 0 aliphatic carbocycles. The number of nitrogens with one attached hydrogen (secondary N) is 2. The zero-order valence-electron chi connectivity index (χ0n) is 36.1. The van der Waals surface area contributed by atoms with Gasteiger partial charge in [0.15, 0.2) is 0 Å². The van der Waals surface area contributed by atoms with E-state index in [4.69, 9.17) is 15.2 Å². The molecule has 324 valence electrons. The highest BCUT2D eigenvalue weighted by atomic mass is 16.5. The van der Waals surface area contributed by atoms with E-state index in [1.54, 1.807) is 47.9 Å². The van der Waals surface area contributed by atoms with Crippen LogP contribution >= 0.6 is 0 Å². The number of ether oxygens (including phenoxy) is 2. The van der Waals surface area contributed by atoms with E-state index in [2.05, 4.69) is 10.6 Å². The quantitative estimate of drug-likeness (QED) is 0.102. The summed E-state index contributed by atoms with van der Waals surface area (Å²) in [4.78, 5) is 73.1. The number of hydrogen-bond acceptors (Lipinski definition) is 10. The van der Waals surface area contributed by atoms with E-state index >= 15 is 0 Å². The molecule has 0 unspecified atom stereocenters. The van der Waals surface area contributed by atoms with E-state index in [1.807, 2.05) is 59.7 Å². The number of nitrogens with two attached hydrogens (primary N) is 1. The second kappa shape index (κ2) is 23.7. The van der Waals surface area contributed by atoms with Crippen LogP contribution in [-0.2, 0) is 39.9 Å². The molecule has 0 bridgehead atoms. The van der Waals surface area contributed by atoms with E-state index < -0.39 is 66.3 Å². The minimum atomic E-state index is -1.15. The van der Waals surface area contributed by atoms with Crippen LogP contribution in [0.5, 0.6) is 0 Å². The van der Waals surface area contributed by atoms with Crippen LogP contribution in [-0.4, -0.2) is 151 Å². The van der Waals surface area contributed by atoms with Gasteiger partial charge in [-0.1, -0.05) is 85.2 Å². The lowest BCUT2D eigenvalue weighted by Crippen LogP contribution is -2.60. The monoisotopic (exact) mass is 805 g/mol. The highest BCUT2D eigenvalue weighted by Crippen LogP contribution is 2.30. The number of likely N-dealkylation sites (N-methyl/N-ethyl adjacent to an activating group) is 2. The van der Waals surface area contributed by atoms with Gasteiger partial charge >= 0.3 is 5.97 Å². The molecule has 1 aliphatic heterocycles. The summed E-state index contributed by atoms with van der Waals surface area (Å²) in [7, 11) is 6.47. The summed E-state index contributed by atoms with van der Waals surface area (Å²) < 4.78 is 11.9. The Morgan fingerprint density at radius 2 is 1.58 bits per heavy atom. The molecule has 0 saturated carbocycles. The third-order valence-electron chi connectivity index (χ3n) is 11.5. The van der Waals surface area contributed by atoms with Crippen molar-refractivity contribution in [2.24, 2.45) is 29.4 Å². The molecule has 1 aliphatic rings. The van der Waals surface area contributed by atoms with Crippen LogP contribution in [0.3, 0.4) is 0 Å². The number of aliphatic hydroxyl groups is 1. The van der Waals surface area contributed by atoms with Crippen molar-refractivity contribution in [3.8, 4) is 0 Å². The summed E-state index contributed by atoms with van der Waals surface area (Å²) in [5, 5.41) is 25.1. The smallest absolute Gasteiger partial charge is 0.326 e. The molecule has 0 radical (unpaired) electrons. The number of benzene rings is 1. The fourth-order valence-corrected chi connectivity index (χ4v) is 8.18. The number of carbonyl (C=O) groups is 5. The number of nitrogens with zero attached hydrogens (tertiary/aromatic N) is 3. The molecule has 0 aromatic heterocycles. The fraction of sp³-hybridized carbons (Fsp3) is 0.738. The van der Waals surface area contributed by atoms with Crippen molar-refractivity contribution in [2.75, 3.05) is 48.0 Å². The van der Waals surface area contributed by atoms with Crippen LogP contribution < -0.4 is 16.4 Å². The number of carbonyl (C=O) groups excluding carboxylic acids is 4. The number of aliphatic carboxylic acids is 1. The van der Waals surface area contributed by atoms with E-state index in [0.717, 1.165) is 5.56 Å². The Kier molecular flexibility index (Phi) is 20.6. The van der Waals surface area contributed by atoms with Crippen LogP contribution in [0.25, 0.3) is 0 Å². The van der Waals surface area contributed by atoms with Crippen molar-refractivity contribution < 1.29 is 43.7 Å². The number of methoxy groups -OCH3 is 2. The Morgan fingerprint density at radius 1 is 0.947 bits per heavy atom. The molecule has 15 nitrogen and oxygen atoms in total. The van der Waals surface area contributed by atoms with Gasteiger partial charge in [-0.3, -0.25) is 24.1 Å². The fourth-order valence-electron chi connectivity index (χ4n) is 8.18. The van der Waals surface area contributed by atoms with Crippen LogP contribution in [0, 0.1) is 23.7 Å². The van der Waals surface area contributed by atoms with E-state index in [9.17, 15) is 34.2 Å². The summed E-state index contributed by atoms with van der Waals surface area (Å²) in [6, 6.07) is 4.97. The molecular formula is C42H72N6O9. The molecule has 2 rings (SSSR count). The lowest BCUT2D eigenvalue weighted by atomic mass is 9.89. The van der Waals surface area contributed by atoms with Crippen LogP contribution in [0.4, 0.5) is 0 Å². The van der Waals surface area contributed by atoms with Crippen molar-refractivity contribution >= 4 is 29.6 Å². The van der Waals surface area contributed by atoms with Crippen molar-refractivity contribution in [1.29, 1.82) is 0 Å². The second-order valence-electron chi connectivity index (χ2n) is 16.5. The minimum absolute atomic E-state index is 0.0428. The summed E-state index contributed by atoms with van der Waals surface area (Å²) in [5.41, 5.74) is 6.75. The predicted octanol–water partition coefficient (Wildman–Crippen LogP) is 2.14. The zero-order valence-corrected chi connectivity index (χ0v) is 36.1. The highest BCUT2D eigenvalue weighted by molar-refractivity contribution is 5.90. The SMILES string of the molecule is CC[C@H](C)[C@@H]([C@@H](CC(=O)N1CCC[C@H]1[C@H](OC)[C@@H](C)C(=O)N[C@@H](Cc1ccccc1)C(=O)O)OC)N(C)C(=O)[C@@H](NC(=O)[C@H](C(C)C)N(C)C[C@@H](N)CO)C(C)C. The van der Waals surface area contributed by atoms with E-state index in [1.165, 1.54) is 14.2 Å². The number of rotatable bonds is 24. The molecule has 1 heterocycles. The summed E-state index contributed by atoms with van der Waals surface area (Å²) >= 11 is 0. The van der Waals surface area contributed by atoms with Gasteiger partial charge in [-0.2, -0.15) is 0 Å². The standard InChI is InChI=1S/C42H72N6O9/c1-12-27(6)37(47(9)41(53)35(25(2)3)45-40(52)36(26(4)5)46(8)23-30(43)24-49)33(56-10)22-34(50)48-20-16-19-32(48)38(57-11)28(7)39(51)44-31(42(54)55)21-29-17-14-13-15-18-29/h13-15,17-18,25-28,30-33,35-38,49H,12,16,19-24,43H2,1-11H3,(H,44,51)(H,45,52)(H,54,55)/t27-,28+,30+,31-,32-,33+,35-,36-,37-,38+/m0/s1. The van der Waals surface area contributed by atoms with Crippen molar-refractivity contribution in [3.05, 3.63) is 35.9 Å². The Labute approximate surface area is 340 Å². The number of aliphatic hydroxyl groups excluding tert-OH is 1. The number of likely N-dealkylation sites (tertiary alicyclic amines) is 1. The third kappa shape index (κ3) is 13.7. The van der Waals surface area contributed by atoms with Gasteiger partial charge in [-0.05, 0) is 43.2 Å². The van der Waals surface area contributed by atoms with Gasteiger partial charge in [-0.15, -0.1) is 0 Å². The second-order valence-corrected chi connectivity index (χ2v) is 16.5. The normalized spacial score (nSPS) is 19.3. The van der Waals surface area contributed by atoms with Gasteiger partial charge in [-0.25, -0.2) is 4.79 Å². The first-order valence-corrected chi connectivity index (χ1v) is 20.4. The summed E-state index contributed by atoms with van der Waals surface area (Å²) in [5.74, 6) is -3.69. The maximum absolute atomic E-state index is 14.4. The molecule has 57 heavy (non-hydrogen) atoms. The molecule has 1 aromatic rings. The van der Waals surface area contributed by atoms with Crippen LogP contribution in [0.2, 0.25) is 0 Å². The predicted molar refractivity (Wildman–Crippen MR) is 219 cm³/mol. The molecule has 10 atom stereocenters. The Balaban J connectivity index is 2.28. The first-order valence-electron chi connectivity index (χ1n) is 20.4.